The van der Waals surface area contributed by atoms with Gasteiger partial charge in [0.15, 0.2) is 0 Å². The first-order chi connectivity index (χ1) is 15.2. The van der Waals surface area contributed by atoms with Crippen molar-refractivity contribution in [3.05, 3.63) is 95.6 Å². The molecular formula is C26H27N3O2. The minimum Gasteiger partial charge on any atom is -0.352 e. The summed E-state index contributed by atoms with van der Waals surface area (Å²) in [6, 6.07) is 25.0. The Balaban J connectivity index is 1.34. The van der Waals surface area contributed by atoms with Gasteiger partial charge >= 0.3 is 6.03 Å². The first-order valence-electron chi connectivity index (χ1n) is 10.8. The number of carbonyl (C=O) groups excluding carboxylic acids is 2. The molecule has 3 amide bonds. The van der Waals surface area contributed by atoms with Crippen LogP contribution in [0.4, 0.5) is 16.2 Å². The Labute approximate surface area is 183 Å². The molecule has 5 nitrogen and oxygen atoms in total. The third-order valence-electron chi connectivity index (χ3n) is 5.55. The molecule has 0 aliphatic carbocycles. The smallest absolute Gasteiger partial charge is 0.326 e. The summed E-state index contributed by atoms with van der Waals surface area (Å²) >= 11 is 0. The predicted octanol–water partition coefficient (Wildman–Crippen LogP) is 5.03. The summed E-state index contributed by atoms with van der Waals surface area (Å²) in [7, 11) is 0. The van der Waals surface area contributed by atoms with Gasteiger partial charge in [0.2, 0.25) is 0 Å². The van der Waals surface area contributed by atoms with Crippen molar-refractivity contribution in [2.24, 2.45) is 0 Å². The second-order valence-electron chi connectivity index (χ2n) is 7.74. The Morgan fingerprint density at radius 2 is 1.58 bits per heavy atom. The van der Waals surface area contributed by atoms with Gasteiger partial charge in [-0.1, -0.05) is 48.5 Å². The van der Waals surface area contributed by atoms with E-state index in [0.717, 1.165) is 31.4 Å². The fraction of sp³-hybridized carbons (Fsp3) is 0.231. The first kappa shape index (κ1) is 20.7. The monoisotopic (exact) mass is 413 g/mol. The zero-order valence-corrected chi connectivity index (χ0v) is 17.5. The maximum atomic E-state index is 12.9. The minimum absolute atomic E-state index is 0.116. The molecule has 0 unspecified atom stereocenters. The average Bonchev–Trinajstić information content (AvgIpc) is 3.03. The minimum atomic E-state index is -0.144. The van der Waals surface area contributed by atoms with Crippen LogP contribution in [0.1, 0.15) is 34.3 Å². The second kappa shape index (κ2) is 9.94. The summed E-state index contributed by atoms with van der Waals surface area (Å²) in [6.07, 6.45) is 3.84. The number of hydrogen-bond acceptors (Lipinski definition) is 2. The van der Waals surface area contributed by atoms with Crippen molar-refractivity contribution < 1.29 is 9.59 Å². The van der Waals surface area contributed by atoms with E-state index < -0.39 is 0 Å². The van der Waals surface area contributed by atoms with Gasteiger partial charge in [-0.05, 0) is 67.1 Å². The number of anilines is 2. The Bertz CT molecular complexity index is 1030. The van der Waals surface area contributed by atoms with E-state index in [0.29, 0.717) is 24.3 Å². The number of nitrogens with one attached hydrogen (secondary N) is 2. The van der Waals surface area contributed by atoms with Crippen LogP contribution in [0.2, 0.25) is 0 Å². The third-order valence-corrected chi connectivity index (χ3v) is 5.55. The SMILES string of the molecule is O=C(NCCc1ccccc1)c1ccc(NC(=O)N2CCCCc3ccccc32)cc1. The van der Waals surface area contributed by atoms with Crippen LogP contribution < -0.4 is 15.5 Å². The molecular weight excluding hydrogens is 386 g/mol. The number of carbonyl (C=O) groups is 2. The summed E-state index contributed by atoms with van der Waals surface area (Å²) in [6.45, 7) is 1.28. The molecule has 158 valence electrons. The fourth-order valence-corrected chi connectivity index (χ4v) is 3.87. The highest BCUT2D eigenvalue weighted by atomic mass is 16.2. The zero-order valence-electron chi connectivity index (χ0n) is 17.5. The van der Waals surface area contributed by atoms with E-state index in [4.69, 9.17) is 0 Å². The third kappa shape index (κ3) is 5.31. The molecule has 5 heteroatoms. The summed E-state index contributed by atoms with van der Waals surface area (Å²) < 4.78 is 0. The van der Waals surface area contributed by atoms with E-state index in [1.54, 1.807) is 24.3 Å². The number of aryl methyl sites for hydroxylation is 1. The molecule has 0 radical (unpaired) electrons. The molecule has 1 aliphatic heterocycles. The number of amides is 3. The molecule has 1 aliphatic rings. The van der Waals surface area contributed by atoms with Crippen molar-refractivity contribution >= 4 is 23.3 Å². The fourth-order valence-electron chi connectivity index (χ4n) is 3.87. The Morgan fingerprint density at radius 1 is 0.839 bits per heavy atom. The van der Waals surface area contributed by atoms with Crippen LogP contribution in [0.3, 0.4) is 0 Å². The van der Waals surface area contributed by atoms with Gasteiger partial charge in [-0.15, -0.1) is 0 Å². The van der Waals surface area contributed by atoms with Gasteiger partial charge in [-0.25, -0.2) is 4.79 Å². The van der Waals surface area contributed by atoms with Crippen LogP contribution in [0.25, 0.3) is 0 Å². The molecule has 0 aromatic heterocycles. The van der Waals surface area contributed by atoms with Gasteiger partial charge in [0.25, 0.3) is 5.91 Å². The van der Waals surface area contributed by atoms with E-state index in [1.807, 2.05) is 53.4 Å². The lowest BCUT2D eigenvalue weighted by Crippen LogP contribution is -2.35. The van der Waals surface area contributed by atoms with Crippen molar-refractivity contribution in [3.8, 4) is 0 Å². The Kier molecular flexibility index (Phi) is 6.62. The van der Waals surface area contributed by atoms with E-state index in [-0.39, 0.29) is 11.9 Å². The Hall–Kier alpha value is -3.60. The molecule has 3 aromatic rings. The molecule has 4 rings (SSSR count). The molecule has 0 bridgehead atoms. The molecule has 2 N–H and O–H groups in total. The highest BCUT2D eigenvalue weighted by Gasteiger charge is 2.21. The van der Waals surface area contributed by atoms with Crippen LogP contribution in [0, 0.1) is 0 Å². The van der Waals surface area contributed by atoms with E-state index in [9.17, 15) is 9.59 Å². The lowest BCUT2D eigenvalue weighted by molar-refractivity contribution is 0.0954. The molecule has 0 fully saturated rings. The molecule has 31 heavy (non-hydrogen) atoms. The van der Waals surface area contributed by atoms with Crippen LogP contribution in [0.5, 0.6) is 0 Å². The summed E-state index contributed by atoms with van der Waals surface area (Å²) in [5.41, 5.74) is 4.62. The molecule has 0 atom stereocenters. The number of para-hydroxylation sites is 1. The highest BCUT2D eigenvalue weighted by molar-refractivity contribution is 6.02. The van der Waals surface area contributed by atoms with Gasteiger partial charge in [-0.2, -0.15) is 0 Å². The number of benzene rings is 3. The van der Waals surface area contributed by atoms with E-state index in [2.05, 4.69) is 16.7 Å². The number of rotatable bonds is 5. The van der Waals surface area contributed by atoms with E-state index >= 15 is 0 Å². The average molecular weight is 414 g/mol. The zero-order chi connectivity index (χ0) is 21.5. The van der Waals surface area contributed by atoms with Crippen LogP contribution >= 0.6 is 0 Å². The number of hydrogen-bond donors (Lipinski definition) is 2. The number of nitrogens with zero attached hydrogens (tertiary/aromatic N) is 1. The largest absolute Gasteiger partial charge is 0.352 e. The molecule has 1 heterocycles. The molecule has 0 saturated heterocycles. The van der Waals surface area contributed by atoms with Crippen molar-refractivity contribution in [3.63, 3.8) is 0 Å². The predicted molar refractivity (Wildman–Crippen MR) is 125 cm³/mol. The summed E-state index contributed by atoms with van der Waals surface area (Å²) in [5.74, 6) is -0.116. The van der Waals surface area contributed by atoms with Gasteiger partial charge in [0, 0.05) is 30.0 Å². The quantitative estimate of drug-likeness (QED) is 0.616. The van der Waals surface area contributed by atoms with E-state index in [1.165, 1.54) is 11.1 Å². The lowest BCUT2D eigenvalue weighted by Gasteiger charge is -2.23. The lowest BCUT2D eigenvalue weighted by atomic mass is 10.1. The standard InChI is InChI=1S/C26H27N3O2/c30-25(27-18-17-20-8-2-1-3-9-20)22-13-15-23(16-14-22)28-26(31)29-19-7-6-11-21-10-4-5-12-24(21)29/h1-5,8-10,12-16H,6-7,11,17-19H2,(H,27,30)(H,28,31). The Morgan fingerprint density at radius 3 is 2.39 bits per heavy atom. The number of fused-ring (bicyclic) bond motifs is 1. The maximum absolute atomic E-state index is 12.9. The summed E-state index contributed by atoms with van der Waals surface area (Å²) in [5, 5.41) is 5.91. The topological polar surface area (TPSA) is 61.4 Å². The van der Waals surface area contributed by atoms with Crippen LogP contribution in [0.15, 0.2) is 78.9 Å². The van der Waals surface area contributed by atoms with Gasteiger partial charge < -0.3 is 10.6 Å². The van der Waals surface area contributed by atoms with Gasteiger partial charge in [0.05, 0.1) is 0 Å². The normalized spacial score (nSPS) is 13.1. The van der Waals surface area contributed by atoms with Gasteiger partial charge in [0.1, 0.15) is 0 Å². The first-order valence-corrected chi connectivity index (χ1v) is 10.8. The maximum Gasteiger partial charge on any atom is 0.326 e. The van der Waals surface area contributed by atoms with Crippen LogP contribution in [-0.4, -0.2) is 25.0 Å². The number of urea groups is 1. The molecule has 0 saturated carbocycles. The van der Waals surface area contributed by atoms with Crippen LogP contribution in [-0.2, 0) is 12.8 Å². The van der Waals surface area contributed by atoms with Crippen molar-refractivity contribution in [1.82, 2.24) is 5.32 Å². The highest BCUT2D eigenvalue weighted by Crippen LogP contribution is 2.26. The van der Waals surface area contributed by atoms with Crippen molar-refractivity contribution in [1.29, 1.82) is 0 Å². The molecule has 0 spiro atoms. The second-order valence-corrected chi connectivity index (χ2v) is 7.74. The molecule has 3 aromatic carbocycles. The van der Waals surface area contributed by atoms with Crippen molar-refractivity contribution in [2.45, 2.75) is 25.7 Å². The summed E-state index contributed by atoms with van der Waals surface area (Å²) in [4.78, 5) is 27.1. The van der Waals surface area contributed by atoms with Gasteiger partial charge in [-0.3, -0.25) is 9.69 Å². The van der Waals surface area contributed by atoms with Crippen molar-refractivity contribution in [2.75, 3.05) is 23.3 Å².